The second-order valence-electron chi connectivity index (χ2n) is 3.07. The van der Waals surface area contributed by atoms with Crippen LogP contribution in [0.15, 0.2) is 9.98 Å². The lowest BCUT2D eigenvalue weighted by Gasteiger charge is -1.97. The van der Waals surface area contributed by atoms with Gasteiger partial charge in [0.25, 0.3) is 0 Å². The van der Waals surface area contributed by atoms with Crippen molar-refractivity contribution in [2.24, 2.45) is 9.98 Å². The molecule has 0 saturated heterocycles. The smallest absolute Gasteiger partial charge is 0.211 e. The number of aliphatic imine (C=N–C) groups is 2. The highest BCUT2D eigenvalue weighted by molar-refractivity contribution is 5.32. The third kappa shape index (κ3) is 10.8. The highest BCUT2D eigenvalue weighted by atomic mass is 16.1. The van der Waals surface area contributed by atoms with Gasteiger partial charge in [0, 0.05) is 0 Å². The molecule has 0 spiro atoms. The fourth-order valence-electron chi connectivity index (χ4n) is 1.18. The number of isocyanates is 2. The number of rotatable bonds is 9. The van der Waals surface area contributed by atoms with E-state index in [2.05, 4.69) is 9.98 Å². The number of unbranched alkanes of at least 4 members (excludes halogenated alkanes) is 5. The molecule has 0 aromatic rings. The van der Waals surface area contributed by atoms with E-state index in [0.29, 0.717) is 13.1 Å². The molecule has 0 bridgehead atoms. The second-order valence-corrected chi connectivity index (χ2v) is 3.07. The third-order valence-electron chi connectivity index (χ3n) is 1.92. The van der Waals surface area contributed by atoms with Gasteiger partial charge in [-0.25, -0.2) is 19.6 Å². The van der Waals surface area contributed by atoms with Crippen LogP contribution in [0.2, 0.25) is 0 Å². The molecule has 0 heterocycles. The van der Waals surface area contributed by atoms with Crippen LogP contribution in [0.25, 0.3) is 0 Å². The monoisotopic (exact) mass is 196 g/mol. The Hall–Kier alpha value is -1.24. The van der Waals surface area contributed by atoms with E-state index in [0.717, 1.165) is 38.5 Å². The Morgan fingerprint density at radius 2 is 1.00 bits per heavy atom. The van der Waals surface area contributed by atoms with E-state index < -0.39 is 0 Å². The Labute approximate surface area is 84.1 Å². The summed E-state index contributed by atoms with van der Waals surface area (Å²) in [5.41, 5.74) is 0. The molecular weight excluding hydrogens is 180 g/mol. The summed E-state index contributed by atoms with van der Waals surface area (Å²) in [6.45, 7) is 1.19. The van der Waals surface area contributed by atoms with E-state index in [1.807, 2.05) is 0 Å². The summed E-state index contributed by atoms with van der Waals surface area (Å²) in [4.78, 5) is 26.3. The van der Waals surface area contributed by atoms with Crippen LogP contribution in [0.5, 0.6) is 0 Å². The van der Waals surface area contributed by atoms with Crippen LogP contribution in [0, 0.1) is 0 Å². The maximum atomic E-state index is 9.71. The molecule has 4 nitrogen and oxygen atoms in total. The first-order chi connectivity index (χ1) is 6.91. The zero-order valence-electron chi connectivity index (χ0n) is 8.37. The Kier molecular flexibility index (Phi) is 10.7. The fourth-order valence-corrected chi connectivity index (χ4v) is 1.18. The van der Waals surface area contributed by atoms with E-state index in [4.69, 9.17) is 0 Å². The molecule has 0 aliphatic rings. The summed E-state index contributed by atoms with van der Waals surface area (Å²) in [5, 5.41) is 0. The van der Waals surface area contributed by atoms with E-state index in [1.54, 1.807) is 0 Å². The van der Waals surface area contributed by atoms with Gasteiger partial charge in [0.05, 0.1) is 13.1 Å². The molecule has 0 fully saturated rings. The molecule has 0 aromatic carbocycles. The van der Waals surface area contributed by atoms with Crippen molar-refractivity contribution in [3.8, 4) is 0 Å². The van der Waals surface area contributed by atoms with Crippen LogP contribution in [0.4, 0.5) is 0 Å². The van der Waals surface area contributed by atoms with Gasteiger partial charge in [-0.15, -0.1) is 0 Å². The standard InChI is InChI=1S/C10H16N2O2/c13-9-11-7-5-3-1-2-4-6-8-12-10-14/h1-8H2. The van der Waals surface area contributed by atoms with Crippen molar-refractivity contribution in [1.29, 1.82) is 0 Å². The lowest BCUT2D eigenvalue weighted by atomic mass is 10.1. The van der Waals surface area contributed by atoms with Gasteiger partial charge >= 0.3 is 0 Å². The third-order valence-corrected chi connectivity index (χ3v) is 1.92. The van der Waals surface area contributed by atoms with Crippen LogP contribution in [-0.2, 0) is 9.59 Å². The normalized spacial score (nSPS) is 8.86. The van der Waals surface area contributed by atoms with Gasteiger partial charge in [0.1, 0.15) is 0 Å². The molecule has 78 valence electrons. The summed E-state index contributed by atoms with van der Waals surface area (Å²) in [5.74, 6) is 0. The van der Waals surface area contributed by atoms with Crippen molar-refractivity contribution in [3.05, 3.63) is 0 Å². The maximum absolute atomic E-state index is 9.71. The molecule has 0 aliphatic heterocycles. The maximum Gasteiger partial charge on any atom is 0.234 e. The van der Waals surface area contributed by atoms with Crippen molar-refractivity contribution < 1.29 is 9.59 Å². The Balaban J connectivity index is 2.98. The molecule has 14 heavy (non-hydrogen) atoms. The first kappa shape index (κ1) is 12.8. The zero-order valence-corrected chi connectivity index (χ0v) is 8.37. The highest BCUT2D eigenvalue weighted by Crippen LogP contribution is 2.05. The van der Waals surface area contributed by atoms with Gasteiger partial charge in [-0.3, -0.25) is 0 Å². The van der Waals surface area contributed by atoms with Gasteiger partial charge in [0.15, 0.2) is 0 Å². The van der Waals surface area contributed by atoms with Crippen molar-refractivity contribution >= 4 is 12.2 Å². The van der Waals surface area contributed by atoms with Gasteiger partial charge in [0.2, 0.25) is 12.2 Å². The molecule has 0 amide bonds. The minimum absolute atomic E-state index is 0.596. The SMILES string of the molecule is O=C=NCCCCCCCCN=C=O. The molecule has 0 radical (unpaired) electrons. The molecule has 0 rings (SSSR count). The lowest BCUT2D eigenvalue weighted by molar-refractivity contribution is 0.557. The predicted molar refractivity (Wildman–Crippen MR) is 53.7 cm³/mol. The molecule has 0 unspecified atom stereocenters. The number of hydrogen-bond donors (Lipinski definition) is 0. The van der Waals surface area contributed by atoms with Crippen LogP contribution >= 0.6 is 0 Å². The topological polar surface area (TPSA) is 58.9 Å². The first-order valence-electron chi connectivity index (χ1n) is 4.99. The summed E-state index contributed by atoms with van der Waals surface area (Å²) in [7, 11) is 0. The van der Waals surface area contributed by atoms with Gasteiger partial charge in [-0.05, 0) is 12.8 Å². The molecule has 0 aromatic heterocycles. The van der Waals surface area contributed by atoms with Crippen molar-refractivity contribution in [2.75, 3.05) is 13.1 Å². The van der Waals surface area contributed by atoms with E-state index in [1.165, 1.54) is 12.2 Å². The Morgan fingerprint density at radius 3 is 1.36 bits per heavy atom. The molecule has 0 aliphatic carbocycles. The van der Waals surface area contributed by atoms with Gasteiger partial charge < -0.3 is 0 Å². The van der Waals surface area contributed by atoms with Crippen molar-refractivity contribution in [3.63, 3.8) is 0 Å². The number of nitrogens with zero attached hydrogens (tertiary/aromatic N) is 2. The number of hydrogen-bond acceptors (Lipinski definition) is 4. The molecule has 0 atom stereocenters. The second kappa shape index (κ2) is 11.8. The zero-order chi connectivity index (χ0) is 10.5. The van der Waals surface area contributed by atoms with E-state index in [-0.39, 0.29) is 0 Å². The average Bonchev–Trinajstić information content (AvgIpc) is 2.21. The molecular formula is C10H16N2O2. The fraction of sp³-hybridized carbons (Fsp3) is 0.800. The van der Waals surface area contributed by atoms with Crippen molar-refractivity contribution in [1.82, 2.24) is 0 Å². The first-order valence-corrected chi connectivity index (χ1v) is 4.99. The minimum Gasteiger partial charge on any atom is -0.211 e. The lowest BCUT2D eigenvalue weighted by Crippen LogP contribution is -1.84. The van der Waals surface area contributed by atoms with Crippen LogP contribution < -0.4 is 0 Å². The molecule has 0 saturated carbocycles. The van der Waals surface area contributed by atoms with Crippen molar-refractivity contribution in [2.45, 2.75) is 38.5 Å². The average molecular weight is 196 g/mol. The molecule has 0 N–H and O–H groups in total. The van der Waals surface area contributed by atoms with Gasteiger partial charge in [-0.1, -0.05) is 25.7 Å². The summed E-state index contributed by atoms with van der Waals surface area (Å²) < 4.78 is 0. The number of carbonyl (C=O) groups excluding carboxylic acids is 2. The van der Waals surface area contributed by atoms with Crippen LogP contribution in [-0.4, -0.2) is 25.2 Å². The minimum atomic E-state index is 0.596. The largest absolute Gasteiger partial charge is 0.234 e. The summed E-state index contributed by atoms with van der Waals surface area (Å²) >= 11 is 0. The predicted octanol–water partition coefficient (Wildman–Crippen LogP) is 2.00. The van der Waals surface area contributed by atoms with Crippen LogP contribution in [0.1, 0.15) is 38.5 Å². The molecule has 4 heteroatoms. The quantitative estimate of drug-likeness (QED) is 0.321. The van der Waals surface area contributed by atoms with Gasteiger partial charge in [-0.2, -0.15) is 0 Å². The Morgan fingerprint density at radius 1 is 0.643 bits per heavy atom. The Bertz CT molecular complexity index is 192. The summed E-state index contributed by atoms with van der Waals surface area (Å²) in [6.07, 6.45) is 9.46. The summed E-state index contributed by atoms with van der Waals surface area (Å²) in [6, 6.07) is 0. The van der Waals surface area contributed by atoms with E-state index in [9.17, 15) is 9.59 Å². The highest BCUT2D eigenvalue weighted by Gasteiger charge is 1.90. The van der Waals surface area contributed by atoms with Crippen LogP contribution in [0.3, 0.4) is 0 Å². The van der Waals surface area contributed by atoms with E-state index >= 15 is 0 Å².